The van der Waals surface area contributed by atoms with E-state index in [1.165, 1.54) is 109 Å². The standard InChI is InChI=1S/C19H38/c1-2-19-17-15-13-11-9-7-5-3-4-6-8-10-12-14-16-18-19/h19H,2-18H2,1H3. The molecule has 114 valence electrons. The van der Waals surface area contributed by atoms with Crippen molar-refractivity contribution in [2.75, 3.05) is 0 Å². The van der Waals surface area contributed by atoms with Gasteiger partial charge in [0, 0.05) is 0 Å². The van der Waals surface area contributed by atoms with Crippen LogP contribution in [0.4, 0.5) is 0 Å². The van der Waals surface area contributed by atoms with E-state index in [9.17, 15) is 0 Å². The highest BCUT2D eigenvalue weighted by molar-refractivity contribution is 4.59. The fraction of sp³-hybridized carbons (Fsp3) is 1.00. The first kappa shape index (κ1) is 17.1. The van der Waals surface area contributed by atoms with E-state index < -0.39 is 0 Å². The molecule has 0 aromatic rings. The van der Waals surface area contributed by atoms with Crippen LogP contribution in [0.3, 0.4) is 0 Å². The average Bonchev–Trinajstić information content (AvgIpc) is 2.44. The zero-order valence-corrected chi connectivity index (χ0v) is 13.6. The molecule has 0 aliphatic heterocycles. The van der Waals surface area contributed by atoms with Gasteiger partial charge in [-0.2, -0.15) is 0 Å². The van der Waals surface area contributed by atoms with E-state index >= 15 is 0 Å². The van der Waals surface area contributed by atoms with Crippen LogP contribution in [0.15, 0.2) is 0 Å². The molecule has 0 nitrogen and oxygen atoms in total. The molecule has 1 fully saturated rings. The van der Waals surface area contributed by atoms with Gasteiger partial charge in [0.1, 0.15) is 0 Å². The lowest BCUT2D eigenvalue weighted by molar-refractivity contribution is 0.393. The molecule has 1 rings (SSSR count). The van der Waals surface area contributed by atoms with E-state index in [1.54, 1.807) is 0 Å². The largest absolute Gasteiger partial charge is 0.0651 e. The molecule has 1 aliphatic carbocycles. The summed E-state index contributed by atoms with van der Waals surface area (Å²) in [5.74, 6) is 1.04. The highest BCUT2D eigenvalue weighted by atomic mass is 14.1. The van der Waals surface area contributed by atoms with Gasteiger partial charge in [-0.25, -0.2) is 0 Å². The smallest absolute Gasteiger partial charge is 0.0417 e. The van der Waals surface area contributed by atoms with Gasteiger partial charge in [-0.1, -0.05) is 116 Å². The first-order valence-electron chi connectivity index (χ1n) is 9.43. The summed E-state index contributed by atoms with van der Waals surface area (Å²) < 4.78 is 0. The van der Waals surface area contributed by atoms with E-state index in [4.69, 9.17) is 0 Å². The molecule has 1 saturated carbocycles. The molecule has 19 heavy (non-hydrogen) atoms. The third-order valence-corrected chi connectivity index (χ3v) is 5.05. The average molecular weight is 267 g/mol. The van der Waals surface area contributed by atoms with Crippen molar-refractivity contribution in [1.82, 2.24) is 0 Å². The molecule has 0 heteroatoms. The Balaban J connectivity index is 2.15. The normalized spacial score (nSPS) is 23.8. The first-order chi connectivity index (χ1) is 9.43. The summed E-state index contributed by atoms with van der Waals surface area (Å²) >= 11 is 0. The van der Waals surface area contributed by atoms with Crippen molar-refractivity contribution in [2.45, 2.75) is 116 Å². The van der Waals surface area contributed by atoms with Gasteiger partial charge in [-0.15, -0.1) is 0 Å². The van der Waals surface area contributed by atoms with Crippen LogP contribution in [0.5, 0.6) is 0 Å². The molecule has 0 heterocycles. The highest BCUT2D eigenvalue weighted by Gasteiger charge is 2.06. The van der Waals surface area contributed by atoms with E-state index in [0.29, 0.717) is 0 Å². The van der Waals surface area contributed by atoms with Crippen molar-refractivity contribution in [3.05, 3.63) is 0 Å². The first-order valence-corrected chi connectivity index (χ1v) is 9.43. The molecular weight excluding hydrogens is 228 g/mol. The number of rotatable bonds is 1. The molecule has 0 atom stereocenters. The van der Waals surface area contributed by atoms with Crippen LogP contribution in [-0.2, 0) is 0 Å². The zero-order valence-electron chi connectivity index (χ0n) is 13.6. The minimum atomic E-state index is 1.04. The third kappa shape index (κ3) is 10.4. The zero-order chi connectivity index (χ0) is 13.6. The molecule has 0 radical (unpaired) electrons. The third-order valence-electron chi connectivity index (χ3n) is 5.05. The van der Waals surface area contributed by atoms with Crippen molar-refractivity contribution in [2.24, 2.45) is 5.92 Å². The predicted octanol–water partition coefficient (Wildman–Crippen LogP) is 7.27. The molecule has 1 aliphatic rings. The van der Waals surface area contributed by atoms with Crippen molar-refractivity contribution >= 4 is 0 Å². The maximum Gasteiger partial charge on any atom is -0.0417 e. The van der Waals surface area contributed by atoms with Crippen LogP contribution in [0.25, 0.3) is 0 Å². The Morgan fingerprint density at radius 3 is 1.00 bits per heavy atom. The van der Waals surface area contributed by atoms with Crippen LogP contribution < -0.4 is 0 Å². The Kier molecular flexibility index (Phi) is 11.7. The molecule has 0 amide bonds. The lowest BCUT2D eigenvalue weighted by Gasteiger charge is -2.14. The van der Waals surface area contributed by atoms with Gasteiger partial charge in [-0.3, -0.25) is 0 Å². The summed E-state index contributed by atoms with van der Waals surface area (Å²) in [5, 5.41) is 0. The van der Waals surface area contributed by atoms with Gasteiger partial charge in [0.2, 0.25) is 0 Å². The van der Waals surface area contributed by atoms with E-state index in [0.717, 1.165) is 5.92 Å². The van der Waals surface area contributed by atoms with Crippen LogP contribution in [-0.4, -0.2) is 0 Å². The van der Waals surface area contributed by atoms with Gasteiger partial charge in [-0.05, 0) is 5.92 Å². The van der Waals surface area contributed by atoms with Crippen molar-refractivity contribution in [1.29, 1.82) is 0 Å². The monoisotopic (exact) mass is 266 g/mol. The minimum Gasteiger partial charge on any atom is -0.0651 e. The van der Waals surface area contributed by atoms with E-state index in [1.807, 2.05) is 0 Å². The van der Waals surface area contributed by atoms with Gasteiger partial charge in [0.15, 0.2) is 0 Å². The molecule has 0 spiro atoms. The molecule has 0 N–H and O–H groups in total. The van der Waals surface area contributed by atoms with Crippen molar-refractivity contribution < 1.29 is 0 Å². The van der Waals surface area contributed by atoms with Gasteiger partial charge >= 0.3 is 0 Å². The van der Waals surface area contributed by atoms with Crippen LogP contribution in [0.1, 0.15) is 116 Å². The predicted molar refractivity (Wildman–Crippen MR) is 87.7 cm³/mol. The Bertz CT molecular complexity index is 155. The quantitative estimate of drug-likeness (QED) is 0.468. The molecule has 0 unspecified atom stereocenters. The number of hydrogen-bond acceptors (Lipinski definition) is 0. The van der Waals surface area contributed by atoms with Crippen LogP contribution >= 0.6 is 0 Å². The summed E-state index contributed by atoms with van der Waals surface area (Å²) in [7, 11) is 0. The topological polar surface area (TPSA) is 0 Å². The summed E-state index contributed by atoms with van der Waals surface area (Å²) in [5.41, 5.74) is 0. The second kappa shape index (κ2) is 13.0. The second-order valence-electron chi connectivity index (χ2n) is 6.80. The van der Waals surface area contributed by atoms with Crippen molar-refractivity contribution in [3.63, 3.8) is 0 Å². The number of hydrogen-bond donors (Lipinski definition) is 0. The van der Waals surface area contributed by atoms with Gasteiger partial charge < -0.3 is 0 Å². The van der Waals surface area contributed by atoms with Crippen LogP contribution in [0.2, 0.25) is 0 Å². The molecule has 0 saturated heterocycles. The van der Waals surface area contributed by atoms with E-state index in [-0.39, 0.29) is 0 Å². The fourth-order valence-electron chi connectivity index (χ4n) is 3.54. The Morgan fingerprint density at radius 2 is 0.737 bits per heavy atom. The minimum absolute atomic E-state index is 1.04. The Labute approximate surface area is 122 Å². The summed E-state index contributed by atoms with van der Waals surface area (Å²) in [6.45, 7) is 2.40. The van der Waals surface area contributed by atoms with Crippen LogP contribution in [0, 0.1) is 5.92 Å². The molecule has 0 aromatic carbocycles. The maximum absolute atomic E-state index is 2.40. The molecule has 0 bridgehead atoms. The summed E-state index contributed by atoms with van der Waals surface area (Å²) in [6.07, 6.45) is 25.4. The van der Waals surface area contributed by atoms with E-state index in [2.05, 4.69) is 6.92 Å². The molecule has 0 aromatic heterocycles. The second-order valence-corrected chi connectivity index (χ2v) is 6.80. The summed E-state index contributed by atoms with van der Waals surface area (Å²) in [6, 6.07) is 0. The SMILES string of the molecule is CCC1CCCCCCCCCCCCCCCC1. The Hall–Kier alpha value is 0. The van der Waals surface area contributed by atoms with Gasteiger partial charge in [0.25, 0.3) is 0 Å². The lowest BCUT2D eigenvalue weighted by atomic mass is 9.92. The Morgan fingerprint density at radius 1 is 0.474 bits per heavy atom. The highest BCUT2D eigenvalue weighted by Crippen LogP contribution is 2.22. The maximum atomic E-state index is 2.40. The lowest BCUT2D eigenvalue weighted by Crippen LogP contribution is -1.99. The molecular formula is C19H38. The van der Waals surface area contributed by atoms with Gasteiger partial charge in [0.05, 0.1) is 0 Å². The van der Waals surface area contributed by atoms with Crippen molar-refractivity contribution in [3.8, 4) is 0 Å². The fourth-order valence-corrected chi connectivity index (χ4v) is 3.54. The summed E-state index contributed by atoms with van der Waals surface area (Å²) in [4.78, 5) is 0.